The van der Waals surface area contributed by atoms with Crippen LogP contribution in [0.1, 0.15) is 19.4 Å². The molecule has 2 heterocycles. The third-order valence-corrected chi connectivity index (χ3v) is 7.90. The van der Waals surface area contributed by atoms with Gasteiger partial charge in [-0.25, -0.2) is 12.8 Å². The van der Waals surface area contributed by atoms with Crippen molar-refractivity contribution in [2.75, 3.05) is 57.1 Å². The normalized spacial score (nSPS) is 21.4. The predicted molar refractivity (Wildman–Crippen MR) is 124 cm³/mol. The van der Waals surface area contributed by atoms with Crippen LogP contribution in [0.3, 0.4) is 0 Å². The van der Waals surface area contributed by atoms with Gasteiger partial charge in [-0.15, -0.1) is 24.0 Å². The number of hydrogen-bond acceptors (Lipinski definition) is 5. The highest BCUT2D eigenvalue weighted by molar-refractivity contribution is 14.0. The van der Waals surface area contributed by atoms with Gasteiger partial charge in [0.15, 0.2) is 15.8 Å². The summed E-state index contributed by atoms with van der Waals surface area (Å²) in [4.78, 5) is 8.21. The molecule has 0 saturated carbocycles. The molecule has 0 amide bonds. The molecular weight excluding hydrogens is 510 g/mol. The lowest BCUT2D eigenvalue weighted by molar-refractivity contribution is 0.122. The van der Waals surface area contributed by atoms with Crippen LogP contribution in [-0.2, 0) is 21.1 Å². The molecule has 0 spiro atoms. The third-order valence-electron chi connectivity index (χ3n) is 5.37. The Kier molecular flexibility index (Phi) is 8.14. The van der Waals surface area contributed by atoms with E-state index >= 15 is 0 Å². The van der Waals surface area contributed by atoms with Gasteiger partial charge in [0, 0.05) is 39.8 Å². The Labute approximate surface area is 189 Å². The van der Waals surface area contributed by atoms with Crippen LogP contribution in [-0.4, -0.2) is 76.2 Å². The van der Waals surface area contributed by atoms with Gasteiger partial charge in [0.1, 0.15) is 5.82 Å². The molecule has 0 radical (unpaired) electrons. The summed E-state index contributed by atoms with van der Waals surface area (Å²) in [6.07, 6.45) is 0. The Morgan fingerprint density at radius 1 is 1.28 bits per heavy atom. The molecule has 0 bridgehead atoms. The van der Waals surface area contributed by atoms with Crippen LogP contribution in [0.15, 0.2) is 23.2 Å². The molecule has 7 nitrogen and oxygen atoms in total. The van der Waals surface area contributed by atoms with Gasteiger partial charge in [-0.3, -0.25) is 4.99 Å². The maximum absolute atomic E-state index is 14.6. The van der Waals surface area contributed by atoms with Gasteiger partial charge < -0.3 is 19.9 Å². The first-order chi connectivity index (χ1) is 13.2. The van der Waals surface area contributed by atoms with Crippen molar-refractivity contribution in [3.05, 3.63) is 29.6 Å². The van der Waals surface area contributed by atoms with Crippen molar-refractivity contribution in [2.24, 2.45) is 4.99 Å². The van der Waals surface area contributed by atoms with Crippen molar-refractivity contribution in [2.45, 2.75) is 25.1 Å². The SMILES string of the molecule is CN=C(NCc1ccc(N2CCOCC2)c(F)c1)N1CCS(=O)(=O)C(C)(C)C1.I. The van der Waals surface area contributed by atoms with E-state index in [-0.39, 0.29) is 35.5 Å². The first kappa shape index (κ1) is 24.1. The highest BCUT2D eigenvalue weighted by Gasteiger charge is 2.40. The first-order valence-electron chi connectivity index (χ1n) is 9.52. The van der Waals surface area contributed by atoms with Gasteiger partial charge in [-0.1, -0.05) is 6.07 Å². The van der Waals surface area contributed by atoms with Crippen LogP contribution in [0.5, 0.6) is 0 Å². The Hall–Kier alpha value is -1.14. The number of benzene rings is 1. The Morgan fingerprint density at radius 3 is 2.55 bits per heavy atom. The van der Waals surface area contributed by atoms with Gasteiger partial charge in [0.05, 0.1) is 29.4 Å². The monoisotopic (exact) mass is 540 g/mol. The maximum Gasteiger partial charge on any atom is 0.193 e. The highest BCUT2D eigenvalue weighted by atomic mass is 127. The van der Waals surface area contributed by atoms with E-state index in [0.29, 0.717) is 57.6 Å². The number of sulfone groups is 1. The van der Waals surface area contributed by atoms with Crippen molar-refractivity contribution in [3.8, 4) is 0 Å². The molecule has 1 aromatic rings. The summed E-state index contributed by atoms with van der Waals surface area (Å²) in [5.41, 5.74) is 1.40. The fraction of sp³-hybridized carbons (Fsp3) is 0.632. The smallest absolute Gasteiger partial charge is 0.193 e. The second kappa shape index (κ2) is 9.78. The fourth-order valence-corrected chi connectivity index (χ4v) is 4.92. The molecule has 164 valence electrons. The Morgan fingerprint density at radius 2 is 1.97 bits per heavy atom. The molecule has 0 aliphatic carbocycles. The summed E-state index contributed by atoms with van der Waals surface area (Å²) in [7, 11) is -1.44. The van der Waals surface area contributed by atoms with E-state index in [1.165, 1.54) is 6.07 Å². The van der Waals surface area contributed by atoms with Crippen molar-refractivity contribution < 1.29 is 17.5 Å². The number of halogens is 2. The van der Waals surface area contributed by atoms with Crippen LogP contribution in [0, 0.1) is 5.82 Å². The summed E-state index contributed by atoms with van der Waals surface area (Å²) < 4.78 is 43.5. The molecule has 0 atom stereocenters. The summed E-state index contributed by atoms with van der Waals surface area (Å²) in [6.45, 7) is 7.26. The number of anilines is 1. The summed E-state index contributed by atoms with van der Waals surface area (Å²) in [5.74, 6) is 0.478. The van der Waals surface area contributed by atoms with Crippen molar-refractivity contribution in [1.29, 1.82) is 0 Å². The van der Waals surface area contributed by atoms with Crippen molar-refractivity contribution in [1.82, 2.24) is 10.2 Å². The zero-order valence-electron chi connectivity index (χ0n) is 17.1. The van der Waals surface area contributed by atoms with Crippen molar-refractivity contribution in [3.63, 3.8) is 0 Å². The lowest BCUT2D eigenvalue weighted by Gasteiger charge is -2.39. The summed E-state index contributed by atoms with van der Waals surface area (Å²) in [5, 5.41) is 3.23. The number of guanidine groups is 1. The van der Waals surface area contributed by atoms with E-state index in [1.54, 1.807) is 27.0 Å². The summed E-state index contributed by atoms with van der Waals surface area (Å²) in [6, 6.07) is 5.24. The minimum Gasteiger partial charge on any atom is -0.378 e. The predicted octanol–water partition coefficient (Wildman–Crippen LogP) is 1.86. The maximum atomic E-state index is 14.6. The number of hydrogen-bond donors (Lipinski definition) is 1. The van der Waals surface area contributed by atoms with E-state index in [9.17, 15) is 12.8 Å². The van der Waals surface area contributed by atoms with Crippen LogP contribution in [0.25, 0.3) is 0 Å². The number of ether oxygens (including phenoxy) is 1. The van der Waals surface area contributed by atoms with E-state index in [2.05, 4.69) is 10.3 Å². The standard InChI is InChI=1S/C19H29FN4O3S.HI/c1-19(2)14-24(8-11-28(19,25)26)18(21-3)22-13-15-4-5-17(16(20)12-15)23-6-9-27-10-7-23;/h4-5,12H,6-11,13-14H2,1-3H3,(H,21,22);1H. The third kappa shape index (κ3) is 5.52. The average Bonchev–Trinajstić information content (AvgIpc) is 2.66. The Bertz CT molecular complexity index is 842. The molecule has 10 heteroatoms. The van der Waals surface area contributed by atoms with Gasteiger partial charge in [0.25, 0.3) is 0 Å². The molecule has 1 N–H and O–H groups in total. The molecule has 1 aromatic carbocycles. The van der Waals surface area contributed by atoms with Crippen LogP contribution < -0.4 is 10.2 Å². The Balaban J connectivity index is 0.00000300. The second-order valence-electron chi connectivity index (χ2n) is 7.79. The summed E-state index contributed by atoms with van der Waals surface area (Å²) >= 11 is 0. The molecule has 29 heavy (non-hydrogen) atoms. The number of nitrogens with zero attached hydrogens (tertiary/aromatic N) is 3. The highest BCUT2D eigenvalue weighted by Crippen LogP contribution is 2.24. The molecule has 0 aromatic heterocycles. The molecule has 2 saturated heterocycles. The molecule has 0 unspecified atom stereocenters. The topological polar surface area (TPSA) is 74.2 Å². The minimum absolute atomic E-state index is 0. The fourth-order valence-electron chi connectivity index (χ4n) is 3.56. The quantitative estimate of drug-likeness (QED) is 0.359. The van der Waals surface area contributed by atoms with Crippen LogP contribution in [0.2, 0.25) is 0 Å². The molecule has 3 rings (SSSR count). The average molecular weight is 540 g/mol. The number of morpholine rings is 1. The molecular formula is C19H30FIN4O3S. The minimum atomic E-state index is -3.11. The largest absolute Gasteiger partial charge is 0.378 e. The lowest BCUT2D eigenvalue weighted by Crippen LogP contribution is -2.57. The van der Waals surface area contributed by atoms with Crippen LogP contribution >= 0.6 is 24.0 Å². The van der Waals surface area contributed by atoms with Crippen molar-refractivity contribution >= 4 is 45.5 Å². The van der Waals surface area contributed by atoms with Gasteiger partial charge in [-0.05, 0) is 31.5 Å². The molecule has 2 aliphatic rings. The van der Waals surface area contributed by atoms with Gasteiger partial charge in [0.2, 0.25) is 0 Å². The van der Waals surface area contributed by atoms with E-state index in [4.69, 9.17) is 4.74 Å². The second-order valence-corrected chi connectivity index (χ2v) is 10.5. The zero-order valence-corrected chi connectivity index (χ0v) is 20.3. The molecule has 2 aliphatic heterocycles. The number of rotatable bonds is 3. The number of nitrogens with one attached hydrogen (secondary N) is 1. The van der Waals surface area contributed by atoms with E-state index < -0.39 is 14.6 Å². The zero-order chi connectivity index (χ0) is 20.4. The lowest BCUT2D eigenvalue weighted by atomic mass is 10.1. The van der Waals surface area contributed by atoms with Gasteiger partial charge in [-0.2, -0.15) is 0 Å². The van der Waals surface area contributed by atoms with E-state index in [1.807, 2.05) is 15.9 Å². The molecule has 2 fully saturated rings. The first-order valence-corrected chi connectivity index (χ1v) is 11.2. The van der Waals surface area contributed by atoms with Crippen LogP contribution in [0.4, 0.5) is 10.1 Å². The van der Waals surface area contributed by atoms with E-state index in [0.717, 1.165) is 5.56 Å². The number of aliphatic imine (C=N–C) groups is 1. The van der Waals surface area contributed by atoms with Gasteiger partial charge >= 0.3 is 0 Å².